The van der Waals surface area contributed by atoms with Crippen LogP contribution in [-0.4, -0.2) is 33.8 Å². The highest BCUT2D eigenvalue weighted by atomic mass is 16.6. The smallest absolute Gasteiger partial charge is 0.410 e. The first-order valence-electron chi connectivity index (χ1n) is 7.36. The summed E-state index contributed by atoms with van der Waals surface area (Å²) in [4.78, 5) is 37.7. The third-order valence-corrected chi connectivity index (χ3v) is 3.29. The normalized spacial score (nSPS) is 14.9. The van der Waals surface area contributed by atoms with Crippen molar-refractivity contribution in [2.45, 2.75) is 53.2 Å². The zero-order valence-electron chi connectivity index (χ0n) is 13.6. The number of aromatic nitrogens is 1. The van der Waals surface area contributed by atoms with Crippen molar-refractivity contribution in [3.8, 4) is 0 Å². The molecule has 0 fully saturated rings. The van der Waals surface area contributed by atoms with Gasteiger partial charge in [-0.2, -0.15) is 0 Å². The number of fused-ring (bicyclic) bond motifs is 1. The van der Waals surface area contributed by atoms with Crippen LogP contribution >= 0.6 is 0 Å². The molecule has 0 saturated carbocycles. The second kappa shape index (κ2) is 5.62. The van der Waals surface area contributed by atoms with Gasteiger partial charge < -0.3 is 14.2 Å². The van der Waals surface area contributed by atoms with Gasteiger partial charge in [0.15, 0.2) is 5.76 Å². The molecule has 1 aromatic rings. The lowest BCUT2D eigenvalue weighted by Gasteiger charge is -2.28. The molecule has 0 saturated heterocycles. The molecule has 0 bridgehead atoms. The largest absolute Gasteiger partial charge is 0.444 e. The van der Waals surface area contributed by atoms with Crippen molar-refractivity contribution in [3.05, 3.63) is 21.7 Å². The summed E-state index contributed by atoms with van der Waals surface area (Å²) < 4.78 is 11.5. The number of ether oxygens (including phenoxy) is 1. The van der Waals surface area contributed by atoms with Gasteiger partial charge in [0, 0.05) is 12.5 Å². The molecule has 7 heteroatoms. The van der Waals surface area contributed by atoms with E-state index in [4.69, 9.17) is 9.26 Å². The number of hydrogen-bond donors (Lipinski definition) is 0. The Morgan fingerprint density at radius 3 is 2.45 bits per heavy atom. The van der Waals surface area contributed by atoms with Crippen molar-refractivity contribution in [3.63, 3.8) is 0 Å². The standard InChI is InChI=1S/C15H22N2O5/c1-9(2)12(18)17-13(19)10-6-7-16(8-11(10)22-17)14(20)21-15(3,4)5/h9H,6-8H2,1-5H3. The van der Waals surface area contributed by atoms with E-state index in [9.17, 15) is 14.4 Å². The molecule has 0 aliphatic carbocycles. The van der Waals surface area contributed by atoms with E-state index >= 15 is 0 Å². The van der Waals surface area contributed by atoms with E-state index in [0.717, 1.165) is 4.74 Å². The first-order chi connectivity index (χ1) is 10.1. The van der Waals surface area contributed by atoms with Crippen molar-refractivity contribution < 1.29 is 18.8 Å². The molecule has 1 aliphatic rings. The Morgan fingerprint density at radius 1 is 1.27 bits per heavy atom. The first kappa shape index (κ1) is 16.3. The van der Waals surface area contributed by atoms with Crippen LogP contribution in [0.1, 0.15) is 50.7 Å². The van der Waals surface area contributed by atoms with Crippen molar-refractivity contribution >= 4 is 12.0 Å². The van der Waals surface area contributed by atoms with Gasteiger partial charge in [-0.1, -0.05) is 13.8 Å². The van der Waals surface area contributed by atoms with Crippen molar-refractivity contribution in [1.82, 2.24) is 9.64 Å². The van der Waals surface area contributed by atoms with Gasteiger partial charge in [0.1, 0.15) is 5.60 Å². The maximum atomic E-state index is 12.2. The molecule has 22 heavy (non-hydrogen) atoms. The summed E-state index contributed by atoms with van der Waals surface area (Å²) in [5.74, 6) is -0.369. The highest BCUT2D eigenvalue weighted by Crippen LogP contribution is 2.19. The molecule has 0 spiro atoms. The maximum Gasteiger partial charge on any atom is 0.410 e. The number of rotatable bonds is 1. The Bertz CT molecular complexity index is 648. The molecule has 122 valence electrons. The zero-order valence-corrected chi connectivity index (χ0v) is 13.6. The molecule has 1 aromatic heterocycles. The number of carbonyl (C=O) groups is 2. The fraction of sp³-hybridized carbons (Fsp3) is 0.667. The summed E-state index contributed by atoms with van der Waals surface area (Å²) in [5, 5.41) is 0. The topological polar surface area (TPSA) is 81.8 Å². The molecule has 7 nitrogen and oxygen atoms in total. The Kier molecular flexibility index (Phi) is 4.17. The third kappa shape index (κ3) is 3.23. The van der Waals surface area contributed by atoms with E-state index in [1.165, 1.54) is 4.90 Å². The Hall–Kier alpha value is -2.05. The van der Waals surface area contributed by atoms with Gasteiger partial charge >= 0.3 is 6.09 Å². The average Bonchev–Trinajstić information content (AvgIpc) is 2.72. The van der Waals surface area contributed by atoms with Gasteiger partial charge in [0.25, 0.3) is 11.5 Å². The predicted molar refractivity (Wildman–Crippen MR) is 78.8 cm³/mol. The fourth-order valence-electron chi connectivity index (χ4n) is 2.18. The second-order valence-electron chi connectivity index (χ2n) is 6.74. The molecule has 1 amide bonds. The van der Waals surface area contributed by atoms with Gasteiger partial charge in [-0.3, -0.25) is 9.59 Å². The summed E-state index contributed by atoms with van der Waals surface area (Å²) in [6.45, 7) is 9.27. The van der Waals surface area contributed by atoms with Gasteiger partial charge in [-0.15, -0.1) is 4.74 Å². The molecule has 0 unspecified atom stereocenters. The highest BCUT2D eigenvalue weighted by molar-refractivity contribution is 5.79. The minimum atomic E-state index is -0.586. The molecule has 0 N–H and O–H groups in total. The predicted octanol–water partition coefficient (Wildman–Crippen LogP) is 2.03. The minimum absolute atomic E-state index is 0.137. The van der Waals surface area contributed by atoms with E-state index in [2.05, 4.69) is 0 Å². The molecular weight excluding hydrogens is 288 g/mol. The Balaban J connectivity index is 2.21. The Morgan fingerprint density at radius 2 is 1.91 bits per heavy atom. The highest BCUT2D eigenvalue weighted by Gasteiger charge is 2.31. The second-order valence-corrected chi connectivity index (χ2v) is 6.74. The molecule has 2 rings (SSSR count). The van der Waals surface area contributed by atoms with Crippen LogP contribution in [0.25, 0.3) is 0 Å². The van der Waals surface area contributed by atoms with E-state index in [0.29, 0.717) is 24.3 Å². The third-order valence-electron chi connectivity index (χ3n) is 3.29. The van der Waals surface area contributed by atoms with Crippen LogP contribution in [0.5, 0.6) is 0 Å². The monoisotopic (exact) mass is 310 g/mol. The molecule has 0 atom stereocenters. The van der Waals surface area contributed by atoms with Crippen molar-refractivity contribution in [1.29, 1.82) is 0 Å². The van der Waals surface area contributed by atoms with Crippen LogP contribution in [0.3, 0.4) is 0 Å². The summed E-state index contributed by atoms with van der Waals surface area (Å²) in [7, 11) is 0. The van der Waals surface area contributed by atoms with Crippen LogP contribution in [0.15, 0.2) is 9.32 Å². The molecular formula is C15H22N2O5. The van der Waals surface area contributed by atoms with E-state index in [-0.39, 0.29) is 18.4 Å². The van der Waals surface area contributed by atoms with Crippen LogP contribution in [0.2, 0.25) is 0 Å². The molecule has 0 aromatic carbocycles. The summed E-state index contributed by atoms with van der Waals surface area (Å²) in [5.41, 5.74) is -0.538. The van der Waals surface area contributed by atoms with E-state index < -0.39 is 17.3 Å². The van der Waals surface area contributed by atoms with E-state index in [1.807, 2.05) is 0 Å². The van der Waals surface area contributed by atoms with Crippen LogP contribution in [0, 0.1) is 5.92 Å². The minimum Gasteiger partial charge on any atom is -0.444 e. The van der Waals surface area contributed by atoms with Crippen LogP contribution in [-0.2, 0) is 17.7 Å². The molecule has 1 aliphatic heterocycles. The zero-order chi connectivity index (χ0) is 16.7. The molecule has 0 radical (unpaired) electrons. The van der Waals surface area contributed by atoms with Gasteiger partial charge in [0.2, 0.25) is 0 Å². The summed E-state index contributed by atoms with van der Waals surface area (Å²) in [6, 6.07) is 0. The quantitative estimate of drug-likeness (QED) is 0.792. The number of carbonyl (C=O) groups excluding carboxylic acids is 2. The van der Waals surface area contributed by atoms with Crippen LogP contribution in [0.4, 0.5) is 4.79 Å². The van der Waals surface area contributed by atoms with E-state index in [1.54, 1.807) is 34.6 Å². The summed E-state index contributed by atoms with van der Waals surface area (Å²) in [6.07, 6.45) is -0.0984. The lowest BCUT2D eigenvalue weighted by Crippen LogP contribution is -2.40. The molecule has 2 heterocycles. The average molecular weight is 310 g/mol. The Labute approximate surface area is 128 Å². The fourth-order valence-corrected chi connectivity index (χ4v) is 2.18. The number of amides is 1. The van der Waals surface area contributed by atoms with Crippen LogP contribution < -0.4 is 5.56 Å². The maximum absolute atomic E-state index is 12.2. The summed E-state index contributed by atoms with van der Waals surface area (Å²) >= 11 is 0. The number of hydrogen-bond acceptors (Lipinski definition) is 5. The van der Waals surface area contributed by atoms with Gasteiger partial charge in [-0.05, 0) is 27.2 Å². The van der Waals surface area contributed by atoms with Gasteiger partial charge in [0.05, 0.1) is 12.1 Å². The van der Waals surface area contributed by atoms with Gasteiger partial charge in [-0.25, -0.2) is 4.79 Å². The SMILES string of the molecule is CC(C)C(=O)n1oc2c(c1=O)CCN(C(=O)OC(C)(C)C)C2. The van der Waals surface area contributed by atoms with Crippen molar-refractivity contribution in [2.75, 3.05) is 6.54 Å². The number of nitrogens with zero attached hydrogens (tertiary/aromatic N) is 2. The first-order valence-corrected chi connectivity index (χ1v) is 7.36. The lowest BCUT2D eigenvalue weighted by molar-refractivity contribution is 0.0201. The lowest BCUT2D eigenvalue weighted by atomic mass is 10.1. The van der Waals surface area contributed by atoms with Crippen molar-refractivity contribution in [2.24, 2.45) is 5.92 Å².